The molecule has 132 valence electrons. The number of hydrogen-bond acceptors (Lipinski definition) is 6. The van der Waals surface area contributed by atoms with Gasteiger partial charge >= 0.3 is 12.1 Å². The van der Waals surface area contributed by atoms with Gasteiger partial charge in [-0.2, -0.15) is 0 Å². The minimum Gasteiger partial charge on any atom is -0.464 e. The second-order valence-corrected chi connectivity index (χ2v) is 6.88. The van der Waals surface area contributed by atoms with Gasteiger partial charge in [0.25, 0.3) is 5.91 Å². The molecular weight excluding hydrogens is 304 g/mol. The van der Waals surface area contributed by atoms with Gasteiger partial charge in [0.05, 0.1) is 12.6 Å². The molecule has 1 heterocycles. The third kappa shape index (κ3) is 6.05. The Balaban J connectivity index is 2.36. The first-order valence-corrected chi connectivity index (χ1v) is 7.62. The smallest absolute Gasteiger partial charge is 0.408 e. The number of hydrogen-bond donors (Lipinski definition) is 1. The minimum absolute atomic E-state index is 0.228. The summed E-state index contributed by atoms with van der Waals surface area (Å²) in [5.41, 5.74) is -0.642. The molecule has 1 aliphatic rings. The second-order valence-electron chi connectivity index (χ2n) is 6.88. The van der Waals surface area contributed by atoms with Crippen molar-refractivity contribution in [3.05, 3.63) is 0 Å². The molecule has 0 aromatic rings. The third-order valence-corrected chi connectivity index (χ3v) is 2.91. The standard InChI is InChI=1S/C15H26N2O6/c1-9(2)7-21-11(18)8-22-17-10(3)12(13(17)19)16-14(20)23-15(4,5)6/h9-10,12H,7-8H2,1-6H3,(H,16,20)/t10-,12-/m0/s1. The summed E-state index contributed by atoms with van der Waals surface area (Å²) in [6, 6.07) is -1.12. The van der Waals surface area contributed by atoms with E-state index in [-0.39, 0.29) is 12.5 Å². The summed E-state index contributed by atoms with van der Waals surface area (Å²) in [5.74, 6) is -0.742. The molecule has 0 radical (unpaired) electrons. The molecule has 8 nitrogen and oxygen atoms in total. The average Bonchev–Trinajstić information content (AvgIpc) is 2.40. The minimum atomic E-state index is -0.725. The summed E-state index contributed by atoms with van der Waals surface area (Å²) < 4.78 is 10.0. The molecule has 1 N–H and O–H groups in total. The van der Waals surface area contributed by atoms with E-state index in [9.17, 15) is 14.4 Å². The van der Waals surface area contributed by atoms with Crippen LogP contribution in [0.15, 0.2) is 0 Å². The zero-order valence-electron chi connectivity index (χ0n) is 14.5. The first kappa shape index (κ1) is 19.2. The van der Waals surface area contributed by atoms with Crippen molar-refractivity contribution < 1.29 is 28.7 Å². The number of hydroxylamine groups is 2. The highest BCUT2D eigenvalue weighted by Gasteiger charge is 2.47. The molecule has 1 saturated heterocycles. The SMILES string of the molecule is CC(C)COC(=O)CON1C(=O)[C@@H](NC(=O)OC(C)(C)C)[C@@H]1C. The molecule has 2 amide bonds. The van der Waals surface area contributed by atoms with Crippen LogP contribution in [0.4, 0.5) is 4.79 Å². The van der Waals surface area contributed by atoms with Crippen molar-refractivity contribution in [2.24, 2.45) is 5.92 Å². The number of ether oxygens (including phenoxy) is 2. The van der Waals surface area contributed by atoms with Crippen LogP contribution in [-0.4, -0.2) is 53.9 Å². The van der Waals surface area contributed by atoms with E-state index >= 15 is 0 Å². The fourth-order valence-electron chi connectivity index (χ4n) is 1.82. The van der Waals surface area contributed by atoms with Gasteiger partial charge in [0, 0.05) is 0 Å². The van der Waals surface area contributed by atoms with E-state index in [4.69, 9.17) is 14.3 Å². The van der Waals surface area contributed by atoms with E-state index in [0.29, 0.717) is 6.61 Å². The van der Waals surface area contributed by atoms with E-state index in [2.05, 4.69) is 5.32 Å². The lowest BCUT2D eigenvalue weighted by Gasteiger charge is -2.43. The number of esters is 1. The van der Waals surface area contributed by atoms with E-state index in [1.165, 1.54) is 0 Å². The van der Waals surface area contributed by atoms with Crippen molar-refractivity contribution in [2.75, 3.05) is 13.2 Å². The molecule has 1 rings (SSSR count). The molecule has 2 atom stereocenters. The highest BCUT2D eigenvalue weighted by Crippen LogP contribution is 2.20. The lowest BCUT2D eigenvalue weighted by Crippen LogP contribution is -2.69. The summed E-state index contributed by atoms with van der Waals surface area (Å²) in [4.78, 5) is 40.2. The normalized spacial score (nSPS) is 21.0. The largest absolute Gasteiger partial charge is 0.464 e. The Hall–Kier alpha value is -1.83. The number of carbonyl (C=O) groups excluding carboxylic acids is 3. The van der Waals surface area contributed by atoms with Crippen molar-refractivity contribution in [3.63, 3.8) is 0 Å². The number of β-lactam (4-membered cyclic amide) rings is 1. The maximum absolute atomic E-state index is 11.9. The summed E-state index contributed by atoms with van der Waals surface area (Å²) in [6.45, 7) is 10.7. The zero-order valence-corrected chi connectivity index (χ0v) is 14.5. The number of alkyl carbamates (subject to hydrolysis) is 1. The molecule has 0 aromatic carbocycles. The van der Waals surface area contributed by atoms with E-state index in [1.54, 1.807) is 27.7 Å². The molecule has 0 bridgehead atoms. The number of amides is 2. The highest BCUT2D eigenvalue weighted by atomic mass is 16.7. The van der Waals surface area contributed by atoms with Crippen LogP contribution in [-0.2, 0) is 23.9 Å². The van der Waals surface area contributed by atoms with Crippen LogP contribution >= 0.6 is 0 Å². The van der Waals surface area contributed by atoms with Gasteiger partial charge in [0.1, 0.15) is 11.6 Å². The second kappa shape index (κ2) is 7.63. The molecule has 0 spiro atoms. The quantitative estimate of drug-likeness (QED) is 0.582. The van der Waals surface area contributed by atoms with Gasteiger partial charge in [0.2, 0.25) is 0 Å². The van der Waals surface area contributed by atoms with E-state index in [1.807, 2.05) is 13.8 Å². The first-order valence-electron chi connectivity index (χ1n) is 7.62. The lowest BCUT2D eigenvalue weighted by molar-refractivity contribution is -0.234. The third-order valence-electron chi connectivity index (χ3n) is 2.91. The Morgan fingerprint density at radius 3 is 2.39 bits per heavy atom. The van der Waals surface area contributed by atoms with Gasteiger partial charge in [0.15, 0.2) is 6.61 Å². The first-order chi connectivity index (χ1) is 10.5. The monoisotopic (exact) mass is 330 g/mol. The van der Waals surface area contributed by atoms with Crippen LogP contribution in [0.1, 0.15) is 41.5 Å². The van der Waals surface area contributed by atoms with Crippen LogP contribution in [0.5, 0.6) is 0 Å². The van der Waals surface area contributed by atoms with E-state index < -0.39 is 35.7 Å². The molecule has 0 aliphatic carbocycles. The van der Waals surface area contributed by atoms with Gasteiger partial charge in [-0.05, 0) is 33.6 Å². The van der Waals surface area contributed by atoms with Crippen LogP contribution in [0.3, 0.4) is 0 Å². The van der Waals surface area contributed by atoms with Crippen molar-refractivity contribution in [2.45, 2.75) is 59.2 Å². The predicted molar refractivity (Wildman–Crippen MR) is 81.2 cm³/mol. The van der Waals surface area contributed by atoms with Gasteiger partial charge in [-0.3, -0.25) is 9.63 Å². The zero-order chi connectivity index (χ0) is 17.8. The number of nitrogens with zero attached hydrogens (tertiary/aromatic N) is 1. The predicted octanol–water partition coefficient (Wildman–Crippen LogP) is 1.24. The van der Waals surface area contributed by atoms with Gasteiger partial charge in [-0.1, -0.05) is 13.8 Å². The van der Waals surface area contributed by atoms with E-state index in [0.717, 1.165) is 5.06 Å². The Labute approximate surface area is 136 Å². The molecule has 8 heteroatoms. The van der Waals surface area contributed by atoms with Gasteiger partial charge < -0.3 is 14.8 Å². The summed E-state index contributed by atoms with van der Waals surface area (Å²) in [6.07, 6.45) is -0.668. The molecule has 0 unspecified atom stereocenters. The Bertz CT molecular complexity index is 457. The molecule has 0 aromatic heterocycles. The fourth-order valence-corrected chi connectivity index (χ4v) is 1.82. The Morgan fingerprint density at radius 2 is 1.91 bits per heavy atom. The highest BCUT2D eigenvalue weighted by molar-refractivity contribution is 5.91. The molecular formula is C15H26N2O6. The molecule has 0 saturated carbocycles. The van der Waals surface area contributed by atoms with Crippen molar-refractivity contribution >= 4 is 18.0 Å². The molecule has 1 fully saturated rings. The average molecular weight is 330 g/mol. The summed E-state index contributed by atoms with van der Waals surface area (Å²) in [7, 11) is 0. The lowest BCUT2D eigenvalue weighted by atomic mass is 10.0. The van der Waals surface area contributed by atoms with Crippen molar-refractivity contribution in [1.82, 2.24) is 10.4 Å². The maximum Gasteiger partial charge on any atom is 0.408 e. The van der Waals surface area contributed by atoms with Crippen LogP contribution in [0, 0.1) is 5.92 Å². The van der Waals surface area contributed by atoms with Gasteiger partial charge in [-0.15, -0.1) is 0 Å². The molecule has 23 heavy (non-hydrogen) atoms. The summed E-state index contributed by atoms with van der Waals surface area (Å²) in [5, 5.41) is 3.54. The molecule has 1 aliphatic heterocycles. The number of carbonyl (C=O) groups is 3. The van der Waals surface area contributed by atoms with Crippen LogP contribution in [0.25, 0.3) is 0 Å². The van der Waals surface area contributed by atoms with Crippen LogP contribution in [0.2, 0.25) is 0 Å². The van der Waals surface area contributed by atoms with Gasteiger partial charge in [-0.25, -0.2) is 14.7 Å². The van der Waals surface area contributed by atoms with Crippen molar-refractivity contribution in [3.8, 4) is 0 Å². The fraction of sp³-hybridized carbons (Fsp3) is 0.800. The van der Waals surface area contributed by atoms with Crippen molar-refractivity contribution in [1.29, 1.82) is 0 Å². The Kier molecular flexibility index (Phi) is 6.37. The Morgan fingerprint density at radius 1 is 1.30 bits per heavy atom. The summed E-state index contributed by atoms with van der Waals surface area (Å²) >= 11 is 0. The number of nitrogens with one attached hydrogen (secondary N) is 1. The van der Waals surface area contributed by atoms with Crippen LogP contribution < -0.4 is 5.32 Å². The maximum atomic E-state index is 11.9. The number of rotatable bonds is 6. The topological polar surface area (TPSA) is 94.2 Å².